The molecule has 0 saturated heterocycles. The van der Waals surface area contributed by atoms with E-state index in [9.17, 15) is 4.39 Å². The molecule has 0 fully saturated rings. The van der Waals surface area contributed by atoms with Crippen LogP contribution in [-0.2, 0) is 26.7 Å². The summed E-state index contributed by atoms with van der Waals surface area (Å²) in [7, 11) is 5.49. The number of guanidine groups is 1. The van der Waals surface area contributed by atoms with Crippen LogP contribution in [0.15, 0.2) is 53.5 Å². The number of rotatable bonds is 7. The van der Waals surface area contributed by atoms with Crippen LogP contribution in [0.1, 0.15) is 22.8 Å². The monoisotopic (exact) mass is 410 g/mol. The van der Waals surface area contributed by atoms with E-state index in [0.29, 0.717) is 25.6 Å². The minimum atomic E-state index is -0.250. The molecule has 2 aromatic carbocycles. The predicted molar refractivity (Wildman–Crippen MR) is 115 cm³/mol. The third-order valence-corrected chi connectivity index (χ3v) is 4.83. The Hall–Kier alpha value is -3.42. The number of aryl methyl sites for hydroxylation is 1. The Morgan fingerprint density at radius 3 is 2.57 bits per heavy atom. The summed E-state index contributed by atoms with van der Waals surface area (Å²) in [6.07, 6.45) is 0. The van der Waals surface area contributed by atoms with Crippen molar-refractivity contribution in [2.45, 2.75) is 26.6 Å². The van der Waals surface area contributed by atoms with Crippen molar-refractivity contribution in [3.05, 3.63) is 77.1 Å². The average Bonchev–Trinajstić information content (AvgIpc) is 3.06. The quantitative estimate of drug-likeness (QED) is 0.479. The number of hydrogen-bond donors (Lipinski definition) is 1. The molecule has 0 aliphatic heterocycles. The van der Waals surface area contributed by atoms with E-state index in [0.717, 1.165) is 28.5 Å². The maximum absolute atomic E-state index is 13.6. The van der Waals surface area contributed by atoms with E-state index in [2.05, 4.69) is 15.5 Å². The highest BCUT2D eigenvalue weighted by Gasteiger charge is 2.11. The number of nitrogens with zero attached hydrogens (tertiary/aromatic N) is 5. The van der Waals surface area contributed by atoms with E-state index in [1.807, 2.05) is 60.8 Å². The first kappa shape index (κ1) is 21.3. The predicted octanol–water partition coefficient (Wildman–Crippen LogP) is 3.05. The molecule has 0 spiro atoms. The molecule has 0 aliphatic rings. The van der Waals surface area contributed by atoms with Gasteiger partial charge in [0, 0.05) is 20.6 Å². The second-order valence-corrected chi connectivity index (χ2v) is 7.05. The summed E-state index contributed by atoms with van der Waals surface area (Å²) in [4.78, 5) is 6.72. The molecule has 0 bridgehead atoms. The van der Waals surface area contributed by atoms with Crippen molar-refractivity contribution in [1.29, 1.82) is 0 Å². The van der Waals surface area contributed by atoms with Crippen LogP contribution in [0.5, 0.6) is 5.75 Å². The lowest BCUT2D eigenvalue weighted by molar-refractivity contribution is 0.414. The Morgan fingerprint density at radius 1 is 1.17 bits per heavy atom. The molecule has 3 aromatic rings. The molecule has 30 heavy (non-hydrogen) atoms. The van der Waals surface area contributed by atoms with Crippen LogP contribution in [0.25, 0.3) is 0 Å². The van der Waals surface area contributed by atoms with Gasteiger partial charge in [-0.3, -0.25) is 0 Å². The van der Waals surface area contributed by atoms with Crippen molar-refractivity contribution in [2.24, 2.45) is 12.0 Å². The average molecular weight is 410 g/mol. The van der Waals surface area contributed by atoms with Gasteiger partial charge < -0.3 is 19.5 Å². The van der Waals surface area contributed by atoms with Crippen molar-refractivity contribution < 1.29 is 9.13 Å². The summed E-state index contributed by atoms with van der Waals surface area (Å²) in [5.74, 6) is 2.90. The van der Waals surface area contributed by atoms with Crippen molar-refractivity contribution in [1.82, 2.24) is 25.0 Å². The van der Waals surface area contributed by atoms with Gasteiger partial charge in [0.05, 0.1) is 20.2 Å². The van der Waals surface area contributed by atoms with Crippen molar-refractivity contribution in [3.8, 4) is 5.75 Å². The van der Waals surface area contributed by atoms with E-state index in [-0.39, 0.29) is 5.82 Å². The molecule has 3 rings (SSSR count). The van der Waals surface area contributed by atoms with E-state index < -0.39 is 0 Å². The normalized spacial score (nSPS) is 11.4. The number of aromatic nitrogens is 3. The fourth-order valence-corrected chi connectivity index (χ4v) is 2.96. The molecule has 0 atom stereocenters. The lowest BCUT2D eigenvalue weighted by atomic mass is 10.2. The van der Waals surface area contributed by atoms with E-state index >= 15 is 0 Å². The van der Waals surface area contributed by atoms with Gasteiger partial charge >= 0.3 is 0 Å². The lowest BCUT2D eigenvalue weighted by Crippen LogP contribution is -2.38. The zero-order valence-corrected chi connectivity index (χ0v) is 17.8. The van der Waals surface area contributed by atoms with Crippen LogP contribution >= 0.6 is 0 Å². The van der Waals surface area contributed by atoms with Crippen LogP contribution < -0.4 is 10.1 Å². The maximum Gasteiger partial charge on any atom is 0.194 e. The van der Waals surface area contributed by atoms with Crippen molar-refractivity contribution in [2.75, 3.05) is 14.2 Å². The molecule has 8 heteroatoms. The van der Waals surface area contributed by atoms with Gasteiger partial charge in [-0.25, -0.2) is 9.38 Å². The zero-order valence-electron chi connectivity index (χ0n) is 17.8. The molecule has 158 valence electrons. The summed E-state index contributed by atoms with van der Waals surface area (Å²) < 4.78 is 20.7. The summed E-state index contributed by atoms with van der Waals surface area (Å²) in [5.41, 5.74) is 1.93. The minimum Gasteiger partial charge on any atom is -0.497 e. The standard InChI is InChI=1S/C22H27FN6O/c1-16-26-27-21(29(16)3)14-25-22(24-13-17-8-10-20(30-4)11-9-17)28(2)15-18-6-5-7-19(23)12-18/h5-12H,13-15H2,1-4H3,(H,24,25). The number of halogens is 1. The number of ether oxygens (including phenoxy) is 1. The third-order valence-electron chi connectivity index (χ3n) is 4.83. The Balaban J connectivity index is 1.76. The first-order chi connectivity index (χ1) is 14.5. The molecule has 1 N–H and O–H groups in total. The van der Waals surface area contributed by atoms with Gasteiger partial charge in [-0.2, -0.15) is 0 Å². The molecule has 0 radical (unpaired) electrons. The van der Waals surface area contributed by atoms with Crippen LogP contribution in [0.4, 0.5) is 4.39 Å². The number of aliphatic imine (C=N–C) groups is 1. The molecule has 7 nitrogen and oxygen atoms in total. The van der Waals surface area contributed by atoms with Crippen LogP contribution in [0.2, 0.25) is 0 Å². The fraction of sp³-hybridized carbons (Fsp3) is 0.318. The van der Waals surface area contributed by atoms with E-state index in [4.69, 9.17) is 9.73 Å². The largest absolute Gasteiger partial charge is 0.497 e. The summed E-state index contributed by atoms with van der Waals surface area (Å²) in [6, 6.07) is 14.4. The van der Waals surface area contributed by atoms with Crippen molar-refractivity contribution >= 4 is 5.96 Å². The Bertz CT molecular complexity index is 999. The van der Waals surface area contributed by atoms with Gasteiger partial charge in [0.2, 0.25) is 0 Å². The molecule has 1 heterocycles. The molecule has 0 saturated carbocycles. The number of nitrogens with one attached hydrogen (secondary N) is 1. The smallest absolute Gasteiger partial charge is 0.194 e. The van der Waals surface area contributed by atoms with E-state index in [1.54, 1.807) is 13.2 Å². The Kier molecular flexibility index (Phi) is 7.00. The topological polar surface area (TPSA) is 67.6 Å². The molecule has 0 aliphatic carbocycles. The fourth-order valence-electron chi connectivity index (χ4n) is 2.96. The minimum absolute atomic E-state index is 0.250. The molecular weight excluding hydrogens is 383 g/mol. The molecule has 0 amide bonds. The molecule has 1 aromatic heterocycles. The highest BCUT2D eigenvalue weighted by Crippen LogP contribution is 2.12. The summed E-state index contributed by atoms with van der Waals surface area (Å²) in [6.45, 7) is 3.40. The second-order valence-electron chi connectivity index (χ2n) is 7.05. The maximum atomic E-state index is 13.6. The molecular formula is C22H27FN6O. The first-order valence-corrected chi connectivity index (χ1v) is 9.68. The number of methoxy groups -OCH3 is 1. The summed E-state index contributed by atoms with van der Waals surface area (Å²) in [5, 5.41) is 11.6. The zero-order chi connectivity index (χ0) is 21.5. The molecule has 0 unspecified atom stereocenters. The van der Waals surface area contributed by atoms with Gasteiger partial charge in [0.1, 0.15) is 17.4 Å². The van der Waals surface area contributed by atoms with Gasteiger partial charge in [-0.15, -0.1) is 10.2 Å². The highest BCUT2D eigenvalue weighted by atomic mass is 19.1. The SMILES string of the molecule is COc1ccc(CN=C(NCc2nnc(C)n2C)N(C)Cc2cccc(F)c2)cc1. The summed E-state index contributed by atoms with van der Waals surface area (Å²) >= 11 is 0. The lowest BCUT2D eigenvalue weighted by Gasteiger charge is -2.22. The Labute approximate surface area is 176 Å². The first-order valence-electron chi connectivity index (χ1n) is 9.68. The van der Waals surface area contributed by atoms with Gasteiger partial charge in [0.25, 0.3) is 0 Å². The Morgan fingerprint density at radius 2 is 1.93 bits per heavy atom. The third kappa shape index (κ3) is 5.56. The van der Waals surface area contributed by atoms with Crippen molar-refractivity contribution in [3.63, 3.8) is 0 Å². The van der Waals surface area contributed by atoms with Crippen LogP contribution in [-0.4, -0.2) is 39.8 Å². The van der Waals surface area contributed by atoms with Crippen LogP contribution in [0, 0.1) is 12.7 Å². The van der Waals surface area contributed by atoms with Gasteiger partial charge in [-0.1, -0.05) is 24.3 Å². The van der Waals surface area contributed by atoms with Gasteiger partial charge in [0.15, 0.2) is 11.8 Å². The van der Waals surface area contributed by atoms with E-state index in [1.165, 1.54) is 12.1 Å². The highest BCUT2D eigenvalue weighted by molar-refractivity contribution is 5.79. The van der Waals surface area contributed by atoms with Crippen LogP contribution in [0.3, 0.4) is 0 Å². The second kappa shape index (κ2) is 9.87. The number of hydrogen-bond acceptors (Lipinski definition) is 4. The van der Waals surface area contributed by atoms with Gasteiger partial charge in [-0.05, 0) is 42.3 Å². The number of benzene rings is 2.